The number of amides is 1. The Hall–Kier alpha value is -1.57. The molecule has 0 saturated heterocycles. The standard InChI is InChI=1S/C22H35NO/c1-4-5-6-7-8-9-10-11-12-13-14-20-15-17-21(18-16-20)23-22(24)19(2)3/h15-18H,2,4-14H2,1,3H3,(H,23,24). The molecule has 0 heterocycles. The summed E-state index contributed by atoms with van der Waals surface area (Å²) < 4.78 is 0. The molecule has 2 nitrogen and oxygen atoms in total. The summed E-state index contributed by atoms with van der Waals surface area (Å²) in [4.78, 5) is 11.6. The lowest BCUT2D eigenvalue weighted by atomic mass is 10.0. The zero-order valence-corrected chi connectivity index (χ0v) is 15.7. The van der Waals surface area contributed by atoms with Crippen LogP contribution in [0.25, 0.3) is 0 Å². The summed E-state index contributed by atoms with van der Waals surface area (Å²) >= 11 is 0. The highest BCUT2D eigenvalue weighted by Crippen LogP contribution is 2.15. The molecule has 134 valence electrons. The average molecular weight is 330 g/mol. The maximum absolute atomic E-state index is 11.6. The molecule has 0 aromatic heterocycles. The molecule has 2 heteroatoms. The van der Waals surface area contributed by atoms with E-state index < -0.39 is 0 Å². The Bertz CT molecular complexity index is 475. The number of nitrogens with one attached hydrogen (secondary N) is 1. The van der Waals surface area contributed by atoms with E-state index in [0.29, 0.717) is 5.57 Å². The van der Waals surface area contributed by atoms with Crippen molar-refractivity contribution in [3.05, 3.63) is 42.0 Å². The van der Waals surface area contributed by atoms with Crippen LogP contribution in [-0.2, 0) is 11.2 Å². The van der Waals surface area contributed by atoms with E-state index >= 15 is 0 Å². The van der Waals surface area contributed by atoms with Crippen LogP contribution in [0, 0.1) is 0 Å². The van der Waals surface area contributed by atoms with E-state index in [1.165, 1.54) is 69.8 Å². The number of hydrogen-bond acceptors (Lipinski definition) is 1. The van der Waals surface area contributed by atoms with E-state index in [1.807, 2.05) is 12.1 Å². The van der Waals surface area contributed by atoms with Crippen LogP contribution in [0.2, 0.25) is 0 Å². The second-order valence-corrected chi connectivity index (χ2v) is 6.86. The zero-order chi connectivity index (χ0) is 17.6. The van der Waals surface area contributed by atoms with Crippen molar-refractivity contribution in [2.75, 3.05) is 5.32 Å². The number of aryl methyl sites for hydroxylation is 1. The topological polar surface area (TPSA) is 29.1 Å². The van der Waals surface area contributed by atoms with E-state index in [1.54, 1.807) is 6.92 Å². The second-order valence-electron chi connectivity index (χ2n) is 6.86. The van der Waals surface area contributed by atoms with Crippen molar-refractivity contribution >= 4 is 11.6 Å². The maximum Gasteiger partial charge on any atom is 0.250 e. The average Bonchev–Trinajstić information content (AvgIpc) is 2.58. The van der Waals surface area contributed by atoms with Gasteiger partial charge in [-0.2, -0.15) is 0 Å². The van der Waals surface area contributed by atoms with E-state index in [0.717, 1.165) is 12.1 Å². The number of carbonyl (C=O) groups is 1. The van der Waals surface area contributed by atoms with Gasteiger partial charge in [-0.1, -0.05) is 83.4 Å². The quantitative estimate of drug-likeness (QED) is 0.318. The van der Waals surface area contributed by atoms with Crippen LogP contribution in [-0.4, -0.2) is 5.91 Å². The third-order valence-electron chi connectivity index (χ3n) is 4.42. The highest BCUT2D eigenvalue weighted by Gasteiger charge is 2.02. The van der Waals surface area contributed by atoms with Gasteiger partial charge in [-0.25, -0.2) is 0 Å². The van der Waals surface area contributed by atoms with Gasteiger partial charge in [-0.15, -0.1) is 0 Å². The summed E-state index contributed by atoms with van der Waals surface area (Å²) in [5, 5.41) is 2.84. The first-order valence-corrected chi connectivity index (χ1v) is 9.69. The molecule has 0 fully saturated rings. The fourth-order valence-corrected chi connectivity index (χ4v) is 2.81. The van der Waals surface area contributed by atoms with Crippen LogP contribution >= 0.6 is 0 Å². The summed E-state index contributed by atoms with van der Waals surface area (Å²) in [7, 11) is 0. The van der Waals surface area contributed by atoms with Crippen LogP contribution in [0.3, 0.4) is 0 Å². The van der Waals surface area contributed by atoms with Crippen LogP contribution in [0.1, 0.15) is 83.6 Å². The van der Waals surface area contributed by atoms with Gasteiger partial charge in [0.05, 0.1) is 0 Å². The van der Waals surface area contributed by atoms with Crippen molar-refractivity contribution in [2.45, 2.75) is 84.5 Å². The van der Waals surface area contributed by atoms with Crippen LogP contribution in [0.15, 0.2) is 36.4 Å². The lowest BCUT2D eigenvalue weighted by Gasteiger charge is -2.06. The van der Waals surface area contributed by atoms with Crippen LogP contribution in [0.5, 0.6) is 0 Å². The molecular formula is C22H35NO. The first-order valence-electron chi connectivity index (χ1n) is 9.69. The molecule has 1 aromatic carbocycles. The Labute approximate surface area is 148 Å². The Balaban J connectivity index is 2.07. The Kier molecular flexibility index (Phi) is 10.9. The monoisotopic (exact) mass is 329 g/mol. The highest BCUT2D eigenvalue weighted by molar-refractivity contribution is 6.02. The fraction of sp³-hybridized carbons (Fsp3) is 0.591. The third-order valence-corrected chi connectivity index (χ3v) is 4.42. The van der Waals surface area contributed by atoms with E-state index in [9.17, 15) is 4.79 Å². The number of hydrogen-bond donors (Lipinski definition) is 1. The molecule has 0 atom stereocenters. The normalized spacial score (nSPS) is 10.6. The molecule has 0 spiro atoms. The van der Waals surface area contributed by atoms with Gasteiger partial charge in [0.25, 0.3) is 5.91 Å². The zero-order valence-electron chi connectivity index (χ0n) is 15.7. The Morgan fingerprint density at radius 1 is 0.875 bits per heavy atom. The van der Waals surface area contributed by atoms with Crippen molar-refractivity contribution in [1.29, 1.82) is 0 Å². The van der Waals surface area contributed by atoms with Gasteiger partial charge in [0.1, 0.15) is 0 Å². The minimum absolute atomic E-state index is 0.113. The minimum Gasteiger partial charge on any atom is -0.322 e. The Morgan fingerprint density at radius 3 is 1.88 bits per heavy atom. The molecule has 0 bridgehead atoms. The molecule has 1 rings (SSSR count). The highest BCUT2D eigenvalue weighted by atomic mass is 16.1. The largest absolute Gasteiger partial charge is 0.322 e. The van der Waals surface area contributed by atoms with Gasteiger partial charge < -0.3 is 5.32 Å². The first kappa shape index (κ1) is 20.5. The van der Waals surface area contributed by atoms with Crippen LogP contribution in [0.4, 0.5) is 5.69 Å². The van der Waals surface area contributed by atoms with E-state index in [-0.39, 0.29) is 5.91 Å². The number of carbonyl (C=O) groups excluding carboxylic acids is 1. The Morgan fingerprint density at radius 2 is 1.38 bits per heavy atom. The van der Waals surface area contributed by atoms with Crippen molar-refractivity contribution < 1.29 is 4.79 Å². The molecule has 1 aromatic rings. The van der Waals surface area contributed by atoms with Crippen molar-refractivity contribution in [2.24, 2.45) is 0 Å². The van der Waals surface area contributed by atoms with E-state index in [2.05, 4.69) is 31.0 Å². The smallest absolute Gasteiger partial charge is 0.250 e. The molecule has 0 saturated carbocycles. The molecular weight excluding hydrogens is 294 g/mol. The molecule has 24 heavy (non-hydrogen) atoms. The molecule has 1 N–H and O–H groups in total. The summed E-state index contributed by atoms with van der Waals surface area (Å²) in [6.45, 7) is 7.63. The second kappa shape index (κ2) is 12.8. The van der Waals surface area contributed by atoms with Gasteiger partial charge in [0.15, 0.2) is 0 Å². The number of unbranched alkanes of at least 4 members (excludes halogenated alkanes) is 9. The molecule has 0 aliphatic carbocycles. The molecule has 0 aliphatic heterocycles. The molecule has 0 aliphatic rings. The predicted octanol–water partition coefficient (Wildman–Crippen LogP) is 6.66. The lowest BCUT2D eigenvalue weighted by molar-refractivity contribution is -0.112. The van der Waals surface area contributed by atoms with Crippen molar-refractivity contribution in [3.8, 4) is 0 Å². The number of rotatable bonds is 13. The number of benzene rings is 1. The summed E-state index contributed by atoms with van der Waals surface area (Å²) in [6.07, 6.45) is 14.8. The summed E-state index contributed by atoms with van der Waals surface area (Å²) in [6, 6.07) is 8.18. The third kappa shape index (κ3) is 9.54. The van der Waals surface area contributed by atoms with Gasteiger partial charge in [-0.3, -0.25) is 4.79 Å². The molecule has 1 amide bonds. The van der Waals surface area contributed by atoms with Crippen LogP contribution < -0.4 is 5.32 Å². The van der Waals surface area contributed by atoms with E-state index in [4.69, 9.17) is 0 Å². The van der Waals surface area contributed by atoms with Crippen molar-refractivity contribution in [1.82, 2.24) is 0 Å². The predicted molar refractivity (Wildman–Crippen MR) is 105 cm³/mol. The minimum atomic E-state index is -0.113. The number of anilines is 1. The SMILES string of the molecule is C=C(C)C(=O)Nc1ccc(CCCCCCCCCCCC)cc1. The first-order chi connectivity index (χ1) is 11.6. The van der Waals surface area contributed by atoms with Gasteiger partial charge in [0.2, 0.25) is 0 Å². The summed E-state index contributed by atoms with van der Waals surface area (Å²) in [5.74, 6) is -0.113. The summed E-state index contributed by atoms with van der Waals surface area (Å²) in [5.41, 5.74) is 2.72. The van der Waals surface area contributed by atoms with Gasteiger partial charge in [-0.05, 0) is 37.5 Å². The van der Waals surface area contributed by atoms with Gasteiger partial charge in [0, 0.05) is 11.3 Å². The van der Waals surface area contributed by atoms with Gasteiger partial charge >= 0.3 is 0 Å². The van der Waals surface area contributed by atoms with Crippen molar-refractivity contribution in [3.63, 3.8) is 0 Å². The fourth-order valence-electron chi connectivity index (χ4n) is 2.81. The molecule has 0 unspecified atom stereocenters. The lowest BCUT2D eigenvalue weighted by Crippen LogP contribution is -2.11. The maximum atomic E-state index is 11.6. The molecule has 0 radical (unpaired) electrons.